The summed E-state index contributed by atoms with van der Waals surface area (Å²) in [5.41, 5.74) is 11.4. The zero-order valence-corrected chi connectivity index (χ0v) is 41.9. The van der Waals surface area contributed by atoms with Gasteiger partial charge in [-0.3, -0.25) is 0 Å². The summed E-state index contributed by atoms with van der Waals surface area (Å²) in [7, 11) is 0. The maximum absolute atomic E-state index is 5.29. The van der Waals surface area contributed by atoms with Gasteiger partial charge < -0.3 is 24.7 Å². The van der Waals surface area contributed by atoms with Gasteiger partial charge in [0.15, 0.2) is 0 Å². The first-order valence-corrected chi connectivity index (χ1v) is 19.8. The van der Waals surface area contributed by atoms with E-state index in [2.05, 4.69) is 192 Å². The fourth-order valence-electron chi connectivity index (χ4n) is 6.67. The topological polar surface area (TPSA) is 67.1 Å². The number of halogens is 3. The van der Waals surface area contributed by atoms with Crippen LogP contribution in [-0.2, 0) is 18.3 Å². The Labute approximate surface area is 396 Å². The summed E-state index contributed by atoms with van der Waals surface area (Å²) in [5, 5.41) is 0. The number of allylic oxidation sites excluding steroid dienone is 6. The second kappa shape index (κ2) is 19.7. The Morgan fingerprint density at radius 2 is 0.947 bits per heavy atom. The van der Waals surface area contributed by atoms with Crippen molar-refractivity contribution < 1.29 is 18.3 Å². The first-order chi connectivity index (χ1) is 26.3. The molecule has 4 aromatic rings. The SMILES string of the molecule is C#Cc1cc[c]([Zn])cc1.CC1C=CN(c2c3nc(c(N4C=CC(C)C=C4)c4ccc([nH]4)c(N4C=CC(C)C=C4)c4nc(cc5ccc2[nH]5)C=C4)C=C3)C=C1.I.I.I. The normalized spacial score (nSPS) is 15.5. The van der Waals surface area contributed by atoms with Crippen molar-refractivity contribution in [2.45, 2.75) is 20.8 Å². The molecule has 7 nitrogen and oxygen atoms in total. The molecular weight excluding hydrogens is 1100 g/mol. The smallest absolute Gasteiger partial charge is 0.0947 e. The number of H-pyrrole nitrogens is 2. The molecule has 57 heavy (non-hydrogen) atoms. The Balaban J connectivity index is 0.000000460. The second-order valence-electron chi connectivity index (χ2n) is 14.0. The van der Waals surface area contributed by atoms with Gasteiger partial charge in [0, 0.05) is 42.7 Å². The van der Waals surface area contributed by atoms with Gasteiger partial charge in [0.25, 0.3) is 0 Å². The first kappa shape index (κ1) is 44.1. The number of terminal acetylenes is 1. The fourth-order valence-corrected chi connectivity index (χ4v) is 7.16. The second-order valence-corrected chi connectivity index (χ2v) is 15.7. The van der Waals surface area contributed by atoms with Gasteiger partial charge >= 0.3 is 64.6 Å². The number of anilines is 3. The molecule has 11 heteroatoms. The van der Waals surface area contributed by atoms with Gasteiger partial charge in [-0.1, -0.05) is 57.2 Å². The molecule has 0 amide bonds. The van der Waals surface area contributed by atoms with Crippen LogP contribution in [0.1, 0.15) is 49.1 Å². The number of aromatic amines is 2. The summed E-state index contributed by atoms with van der Waals surface area (Å²) >= 11 is 1.20. The van der Waals surface area contributed by atoms with Crippen LogP contribution >= 0.6 is 71.9 Å². The molecule has 0 saturated carbocycles. The third-order valence-corrected chi connectivity index (χ3v) is 10.7. The summed E-state index contributed by atoms with van der Waals surface area (Å²) < 4.78 is 1.37. The Morgan fingerprint density at radius 1 is 0.544 bits per heavy atom. The maximum atomic E-state index is 5.29. The van der Waals surface area contributed by atoms with Gasteiger partial charge in [0.2, 0.25) is 0 Å². The van der Waals surface area contributed by atoms with Crippen LogP contribution in [0, 0.1) is 30.1 Å². The molecule has 0 unspecified atom stereocenters. The van der Waals surface area contributed by atoms with Gasteiger partial charge in [-0.05, 0) is 72.4 Å². The zero-order chi connectivity index (χ0) is 37.2. The number of nitrogens with zero attached hydrogens (tertiary/aromatic N) is 5. The minimum atomic E-state index is 0. The van der Waals surface area contributed by atoms with Crippen LogP contribution in [0.2, 0.25) is 0 Å². The van der Waals surface area contributed by atoms with Crippen molar-refractivity contribution in [3.05, 3.63) is 157 Å². The number of hydrogen-bond acceptors (Lipinski definition) is 5. The van der Waals surface area contributed by atoms with E-state index in [0.29, 0.717) is 17.8 Å². The molecule has 0 fully saturated rings. The average molecular weight is 1140 g/mol. The van der Waals surface area contributed by atoms with Crippen molar-refractivity contribution in [1.29, 1.82) is 0 Å². The summed E-state index contributed by atoms with van der Waals surface area (Å²) in [6.45, 7) is 6.55. The van der Waals surface area contributed by atoms with Crippen molar-refractivity contribution in [3.8, 4) is 12.3 Å². The van der Waals surface area contributed by atoms with E-state index >= 15 is 0 Å². The standard InChI is InChI=1S/C38H35N7.C8H5.3HI.Zn/c1-25-12-18-43(19-13-25)36-30-6-4-28(39-30)24-29-5-7-31(40-29)37(44-20-14-26(2)15-21-44)33-9-11-35(42-33)38(34-10-8-32(36)41-34)45-22-16-27(3)17-23-45;1-2-8-6-4-3-5-7-8;;;;/h4-27,39,42H,1-3H3;1,4-7H;3*1H;. The van der Waals surface area contributed by atoms with E-state index in [1.165, 1.54) is 22.5 Å². The summed E-state index contributed by atoms with van der Waals surface area (Å²) in [6, 6.07) is 18.7. The third kappa shape index (κ3) is 10.0. The average Bonchev–Trinajstić information content (AvgIpc) is 4.02. The summed E-state index contributed by atoms with van der Waals surface area (Å²) in [4.78, 5) is 24.3. The van der Waals surface area contributed by atoms with E-state index < -0.39 is 0 Å². The van der Waals surface area contributed by atoms with E-state index in [1.807, 2.05) is 12.1 Å². The van der Waals surface area contributed by atoms with Crippen molar-refractivity contribution in [1.82, 2.24) is 19.9 Å². The Kier molecular flexibility index (Phi) is 15.2. The number of benzene rings is 1. The molecule has 285 valence electrons. The molecule has 5 aliphatic rings. The van der Waals surface area contributed by atoms with Crippen LogP contribution in [-0.4, -0.2) is 19.9 Å². The molecule has 0 saturated heterocycles. The van der Waals surface area contributed by atoms with E-state index in [4.69, 9.17) is 16.4 Å². The first-order valence-electron chi connectivity index (χ1n) is 18.3. The van der Waals surface area contributed by atoms with Crippen LogP contribution in [0.25, 0.3) is 46.4 Å². The molecule has 2 N–H and O–H groups in total. The van der Waals surface area contributed by atoms with Gasteiger partial charge in [0.05, 0.1) is 56.4 Å². The predicted octanol–water partition coefficient (Wildman–Crippen LogP) is 11.8. The number of nitrogens with one attached hydrogen (secondary N) is 2. The monoisotopic (exact) mass is 1140 g/mol. The molecule has 0 atom stereocenters. The van der Waals surface area contributed by atoms with Crippen LogP contribution < -0.4 is 18.9 Å². The van der Waals surface area contributed by atoms with Gasteiger partial charge in [-0.2, -0.15) is 0 Å². The van der Waals surface area contributed by atoms with Crippen molar-refractivity contribution >= 4 is 140 Å². The molecule has 0 spiro atoms. The molecule has 9 rings (SSSR count). The largest absolute Gasteiger partial charge is 0.354 e. The summed E-state index contributed by atoms with van der Waals surface area (Å²) in [6.07, 6.45) is 39.6. The van der Waals surface area contributed by atoms with E-state index in [9.17, 15) is 0 Å². The van der Waals surface area contributed by atoms with E-state index in [-0.39, 0.29) is 71.9 Å². The van der Waals surface area contributed by atoms with Gasteiger partial charge in [-0.25, -0.2) is 9.97 Å². The predicted molar refractivity (Wildman–Crippen MR) is 269 cm³/mol. The molecule has 3 aromatic heterocycles. The molecule has 8 bridgehead atoms. The number of rotatable bonds is 3. The third-order valence-electron chi connectivity index (χ3n) is 9.69. The minimum absolute atomic E-state index is 0. The Hall–Kier alpha value is -3.97. The minimum Gasteiger partial charge on any atom is -0.354 e. The van der Waals surface area contributed by atoms with Crippen LogP contribution in [0.5, 0.6) is 0 Å². The van der Waals surface area contributed by atoms with Gasteiger partial charge in [0.1, 0.15) is 0 Å². The maximum Gasteiger partial charge on any atom is 0.0947 e. The quantitative estimate of drug-likeness (QED) is 0.105. The molecular formula is C46H43I3N7Zn. The van der Waals surface area contributed by atoms with E-state index in [0.717, 1.165) is 67.5 Å². The summed E-state index contributed by atoms with van der Waals surface area (Å²) in [5.74, 6) is 3.69. The van der Waals surface area contributed by atoms with Crippen molar-refractivity contribution in [2.24, 2.45) is 17.8 Å². The molecule has 8 heterocycles. The zero-order valence-electron chi connectivity index (χ0n) is 31.9. The van der Waals surface area contributed by atoms with Crippen LogP contribution in [0.3, 0.4) is 0 Å². The Morgan fingerprint density at radius 3 is 1.40 bits per heavy atom. The fraction of sp³-hybridized carbons (Fsp3) is 0.130. The van der Waals surface area contributed by atoms with E-state index in [1.54, 1.807) is 0 Å². The number of fused-ring (bicyclic) bond motifs is 8. The molecule has 5 aliphatic heterocycles. The molecule has 1 aromatic carbocycles. The van der Waals surface area contributed by atoms with Crippen LogP contribution in [0.4, 0.5) is 17.1 Å². The molecule has 0 aliphatic carbocycles. The van der Waals surface area contributed by atoms with Crippen LogP contribution in [0.15, 0.2) is 128 Å². The van der Waals surface area contributed by atoms with Gasteiger partial charge in [-0.15, -0.1) is 71.9 Å². The number of hydrogen-bond donors (Lipinski definition) is 2. The molecule has 0 radical (unpaired) electrons. The van der Waals surface area contributed by atoms with Crippen molar-refractivity contribution in [3.63, 3.8) is 0 Å². The number of aromatic nitrogens is 4. The van der Waals surface area contributed by atoms with Crippen molar-refractivity contribution in [2.75, 3.05) is 14.7 Å². The Bertz CT molecular complexity index is 2490.